The Bertz CT molecular complexity index is 83.6. The summed E-state index contributed by atoms with van der Waals surface area (Å²) in [5, 5.41) is 0. The van der Waals surface area contributed by atoms with Gasteiger partial charge in [-0.1, -0.05) is 25.3 Å². The number of hydrogen-bond donors (Lipinski definition) is 1. The minimum absolute atomic E-state index is 0.696. The van der Waals surface area contributed by atoms with Crippen molar-refractivity contribution in [2.75, 3.05) is 6.61 Å². The molecule has 0 spiro atoms. The first-order valence-corrected chi connectivity index (χ1v) is 4.34. The summed E-state index contributed by atoms with van der Waals surface area (Å²) in [5.41, 5.74) is 0. The summed E-state index contributed by atoms with van der Waals surface area (Å²) in [4.78, 5) is 4.45. The lowest BCUT2D eigenvalue weighted by Crippen LogP contribution is -2.00. The maximum atomic E-state index is 4.88. The molecule has 0 unspecified atom stereocenters. The molecule has 0 bridgehead atoms. The third-order valence-electron chi connectivity index (χ3n) is 1.67. The molecule has 0 amide bonds. The van der Waals surface area contributed by atoms with Crippen LogP contribution in [0.4, 0.5) is 0 Å². The van der Waals surface area contributed by atoms with E-state index in [1.165, 1.54) is 25.7 Å². The molecule has 0 aromatic heterocycles. The van der Waals surface area contributed by atoms with Crippen molar-refractivity contribution in [1.29, 1.82) is 0 Å². The van der Waals surface area contributed by atoms with Gasteiger partial charge in [-0.3, -0.25) is 0 Å². The first kappa shape index (κ1) is 10.7. The maximum Gasteiger partial charge on any atom is 0.0679 e. The molecule has 0 aromatic rings. The summed E-state index contributed by atoms with van der Waals surface area (Å²) < 4.78 is 0. The van der Waals surface area contributed by atoms with Gasteiger partial charge in [-0.25, -0.2) is 5.90 Å². The van der Waals surface area contributed by atoms with Gasteiger partial charge in [0.2, 0.25) is 0 Å². The van der Waals surface area contributed by atoms with Crippen LogP contribution >= 0.6 is 0 Å². The molecule has 0 aliphatic heterocycles. The minimum Gasteiger partial charge on any atom is -0.305 e. The van der Waals surface area contributed by atoms with Crippen molar-refractivity contribution >= 4 is 0 Å². The van der Waals surface area contributed by atoms with Crippen LogP contribution in [-0.4, -0.2) is 6.61 Å². The molecule has 2 nitrogen and oxygen atoms in total. The Morgan fingerprint density at radius 2 is 1.73 bits per heavy atom. The quantitative estimate of drug-likeness (QED) is 0.333. The third-order valence-corrected chi connectivity index (χ3v) is 1.67. The first-order valence-electron chi connectivity index (χ1n) is 4.34. The van der Waals surface area contributed by atoms with Gasteiger partial charge in [-0.05, 0) is 19.3 Å². The molecule has 0 heterocycles. The summed E-state index contributed by atoms with van der Waals surface area (Å²) in [6, 6.07) is 0. The highest BCUT2D eigenvalue weighted by atomic mass is 16.6. The monoisotopic (exact) mass is 157 g/mol. The number of unbranched alkanes of at least 4 members (excludes halogenated alkanes) is 5. The molecule has 0 saturated heterocycles. The SMILES string of the molecule is C=CCCCCCCCON. The van der Waals surface area contributed by atoms with E-state index in [0.29, 0.717) is 6.61 Å². The van der Waals surface area contributed by atoms with E-state index in [1.54, 1.807) is 0 Å². The molecule has 0 saturated carbocycles. The smallest absolute Gasteiger partial charge is 0.0679 e. The highest BCUT2D eigenvalue weighted by Gasteiger charge is 1.88. The lowest BCUT2D eigenvalue weighted by molar-refractivity contribution is 0.133. The molecule has 2 heteroatoms. The highest BCUT2D eigenvalue weighted by molar-refractivity contribution is 4.65. The Balaban J connectivity index is 2.74. The second-order valence-corrected chi connectivity index (χ2v) is 2.72. The standard InChI is InChI=1S/C9H19NO/c1-2-3-4-5-6-7-8-9-11-10/h2H,1,3-10H2. The van der Waals surface area contributed by atoms with Crippen LogP contribution in [0.5, 0.6) is 0 Å². The lowest BCUT2D eigenvalue weighted by Gasteiger charge is -1.98. The molecular formula is C9H19NO. The molecular weight excluding hydrogens is 138 g/mol. The van der Waals surface area contributed by atoms with Crippen molar-refractivity contribution in [2.24, 2.45) is 5.90 Å². The van der Waals surface area contributed by atoms with Crippen LogP contribution in [0, 0.1) is 0 Å². The van der Waals surface area contributed by atoms with E-state index < -0.39 is 0 Å². The maximum absolute atomic E-state index is 4.88. The Morgan fingerprint density at radius 1 is 1.09 bits per heavy atom. The summed E-state index contributed by atoms with van der Waals surface area (Å²) >= 11 is 0. The summed E-state index contributed by atoms with van der Waals surface area (Å²) in [6.07, 6.45) is 9.30. The Kier molecular flexibility index (Phi) is 9.36. The zero-order valence-electron chi connectivity index (χ0n) is 7.22. The van der Waals surface area contributed by atoms with Gasteiger partial charge in [0, 0.05) is 0 Å². The van der Waals surface area contributed by atoms with Gasteiger partial charge in [0.15, 0.2) is 0 Å². The largest absolute Gasteiger partial charge is 0.305 e. The summed E-state index contributed by atoms with van der Waals surface area (Å²) in [5.74, 6) is 4.88. The van der Waals surface area contributed by atoms with Crippen molar-refractivity contribution in [2.45, 2.75) is 38.5 Å². The number of rotatable bonds is 8. The van der Waals surface area contributed by atoms with Crippen molar-refractivity contribution in [1.82, 2.24) is 0 Å². The molecule has 0 radical (unpaired) electrons. The normalized spacial score (nSPS) is 9.91. The van der Waals surface area contributed by atoms with E-state index in [2.05, 4.69) is 11.4 Å². The van der Waals surface area contributed by atoms with Crippen LogP contribution in [-0.2, 0) is 4.84 Å². The van der Waals surface area contributed by atoms with Crippen LogP contribution in [0.1, 0.15) is 38.5 Å². The van der Waals surface area contributed by atoms with Crippen LogP contribution < -0.4 is 5.90 Å². The van der Waals surface area contributed by atoms with Crippen LogP contribution in [0.2, 0.25) is 0 Å². The van der Waals surface area contributed by atoms with Gasteiger partial charge in [0.1, 0.15) is 0 Å². The van der Waals surface area contributed by atoms with E-state index in [9.17, 15) is 0 Å². The fraction of sp³-hybridized carbons (Fsp3) is 0.778. The van der Waals surface area contributed by atoms with E-state index >= 15 is 0 Å². The molecule has 0 aromatic carbocycles. The van der Waals surface area contributed by atoms with E-state index in [0.717, 1.165) is 12.8 Å². The average Bonchev–Trinajstić information content (AvgIpc) is 2.03. The fourth-order valence-electron chi connectivity index (χ4n) is 1.00. The van der Waals surface area contributed by atoms with E-state index in [4.69, 9.17) is 5.90 Å². The molecule has 0 aliphatic rings. The molecule has 2 N–H and O–H groups in total. The van der Waals surface area contributed by atoms with Gasteiger partial charge in [-0.2, -0.15) is 0 Å². The molecule has 66 valence electrons. The fourth-order valence-corrected chi connectivity index (χ4v) is 1.00. The second-order valence-electron chi connectivity index (χ2n) is 2.72. The van der Waals surface area contributed by atoms with Crippen LogP contribution in [0.25, 0.3) is 0 Å². The Morgan fingerprint density at radius 3 is 2.36 bits per heavy atom. The van der Waals surface area contributed by atoms with E-state index in [1.807, 2.05) is 6.08 Å². The molecule has 0 aliphatic carbocycles. The summed E-state index contributed by atoms with van der Waals surface area (Å²) in [6.45, 7) is 4.37. The van der Waals surface area contributed by atoms with Gasteiger partial charge in [0.25, 0.3) is 0 Å². The first-order chi connectivity index (χ1) is 5.41. The topological polar surface area (TPSA) is 35.2 Å². The van der Waals surface area contributed by atoms with Gasteiger partial charge in [0.05, 0.1) is 6.61 Å². The van der Waals surface area contributed by atoms with Crippen molar-refractivity contribution < 1.29 is 4.84 Å². The number of allylic oxidation sites excluding steroid dienone is 1. The van der Waals surface area contributed by atoms with Crippen molar-refractivity contribution in [3.63, 3.8) is 0 Å². The second kappa shape index (κ2) is 9.66. The minimum atomic E-state index is 0.696. The third kappa shape index (κ3) is 9.66. The van der Waals surface area contributed by atoms with Crippen LogP contribution in [0.3, 0.4) is 0 Å². The zero-order valence-corrected chi connectivity index (χ0v) is 7.22. The van der Waals surface area contributed by atoms with Gasteiger partial charge in [-0.15, -0.1) is 6.58 Å². The van der Waals surface area contributed by atoms with Gasteiger partial charge >= 0.3 is 0 Å². The number of nitrogens with two attached hydrogens (primary N) is 1. The predicted molar refractivity (Wildman–Crippen MR) is 48.0 cm³/mol. The molecule has 11 heavy (non-hydrogen) atoms. The highest BCUT2D eigenvalue weighted by Crippen LogP contribution is 2.04. The Hall–Kier alpha value is -0.340. The van der Waals surface area contributed by atoms with Crippen LogP contribution in [0.15, 0.2) is 12.7 Å². The predicted octanol–water partition coefficient (Wildman–Crippen LogP) is 2.40. The molecule has 0 rings (SSSR count). The Labute approximate surface area is 69.4 Å². The van der Waals surface area contributed by atoms with E-state index in [-0.39, 0.29) is 0 Å². The average molecular weight is 157 g/mol. The summed E-state index contributed by atoms with van der Waals surface area (Å²) in [7, 11) is 0. The van der Waals surface area contributed by atoms with Crippen molar-refractivity contribution in [3.8, 4) is 0 Å². The zero-order chi connectivity index (χ0) is 8.36. The van der Waals surface area contributed by atoms with Gasteiger partial charge < -0.3 is 4.84 Å². The molecule has 0 atom stereocenters. The number of hydrogen-bond acceptors (Lipinski definition) is 2. The molecule has 0 fully saturated rings. The van der Waals surface area contributed by atoms with Crippen molar-refractivity contribution in [3.05, 3.63) is 12.7 Å². The lowest BCUT2D eigenvalue weighted by atomic mass is 10.1.